The highest BCUT2D eigenvalue weighted by Crippen LogP contribution is 2.25. The molecule has 1 rings (SSSR count). The molecule has 5 heteroatoms. The lowest BCUT2D eigenvalue weighted by molar-refractivity contribution is -0.147. The third-order valence-electron chi connectivity index (χ3n) is 2.88. The second kappa shape index (κ2) is 7.01. The fraction of sp³-hybridized carbons (Fsp3) is 0.500. The van der Waals surface area contributed by atoms with Crippen LogP contribution in [0.25, 0.3) is 0 Å². The molecule has 0 spiro atoms. The molecule has 0 unspecified atom stereocenters. The van der Waals surface area contributed by atoms with Crippen LogP contribution < -0.4 is 4.74 Å². The van der Waals surface area contributed by atoms with E-state index in [4.69, 9.17) is 33.0 Å². The van der Waals surface area contributed by atoms with Crippen LogP contribution in [-0.4, -0.2) is 17.7 Å². The van der Waals surface area contributed by atoms with Gasteiger partial charge in [-0.1, -0.05) is 23.2 Å². The number of benzene rings is 1. The quantitative estimate of drug-likeness (QED) is 0.746. The molecule has 0 saturated carbocycles. The van der Waals surface area contributed by atoms with Gasteiger partial charge < -0.3 is 9.84 Å². The summed E-state index contributed by atoms with van der Waals surface area (Å²) in [6.07, 6.45) is 2.22. The van der Waals surface area contributed by atoms with Gasteiger partial charge in [-0.2, -0.15) is 0 Å². The average molecular weight is 305 g/mol. The van der Waals surface area contributed by atoms with Crippen LogP contribution in [-0.2, 0) is 4.79 Å². The van der Waals surface area contributed by atoms with E-state index in [-0.39, 0.29) is 0 Å². The molecule has 0 aromatic heterocycles. The molecule has 0 atom stereocenters. The van der Waals surface area contributed by atoms with Crippen LogP contribution in [0.15, 0.2) is 18.2 Å². The number of carbonyl (C=O) groups is 1. The van der Waals surface area contributed by atoms with Gasteiger partial charge in [0.05, 0.1) is 12.0 Å². The van der Waals surface area contributed by atoms with E-state index >= 15 is 0 Å². The van der Waals surface area contributed by atoms with E-state index in [9.17, 15) is 4.79 Å². The van der Waals surface area contributed by atoms with Crippen LogP contribution in [0.3, 0.4) is 0 Å². The summed E-state index contributed by atoms with van der Waals surface area (Å²) in [6.45, 7) is 3.98. The third kappa shape index (κ3) is 5.70. The largest absolute Gasteiger partial charge is 0.493 e. The molecule has 1 aromatic carbocycles. The van der Waals surface area contributed by atoms with Crippen molar-refractivity contribution < 1.29 is 14.6 Å². The highest BCUT2D eigenvalue weighted by molar-refractivity contribution is 6.34. The highest BCUT2D eigenvalue weighted by Gasteiger charge is 2.25. The molecule has 3 nitrogen and oxygen atoms in total. The number of hydrogen-bond acceptors (Lipinski definition) is 2. The van der Waals surface area contributed by atoms with Gasteiger partial charge in [-0.05, 0) is 51.3 Å². The SMILES string of the molecule is CC(C)(CCCCOc1cc(Cl)cc(Cl)c1)C(=O)O. The summed E-state index contributed by atoms with van der Waals surface area (Å²) in [5.41, 5.74) is -0.681. The zero-order chi connectivity index (χ0) is 14.5. The van der Waals surface area contributed by atoms with Crippen LogP contribution in [0, 0.1) is 5.41 Å². The molecule has 0 fully saturated rings. The Bertz CT molecular complexity index is 424. The number of carboxylic acid groups (broad SMARTS) is 1. The molecular weight excluding hydrogens is 287 g/mol. The van der Waals surface area contributed by atoms with Crippen molar-refractivity contribution in [1.82, 2.24) is 0 Å². The Hall–Kier alpha value is -0.930. The lowest BCUT2D eigenvalue weighted by Gasteiger charge is -2.18. The fourth-order valence-corrected chi connectivity index (χ4v) is 2.08. The molecule has 0 aliphatic heterocycles. The van der Waals surface area contributed by atoms with E-state index in [1.807, 2.05) is 0 Å². The maximum absolute atomic E-state index is 10.9. The molecule has 0 aliphatic carbocycles. The van der Waals surface area contributed by atoms with Crippen molar-refractivity contribution in [1.29, 1.82) is 0 Å². The minimum atomic E-state index is -0.768. The van der Waals surface area contributed by atoms with Crippen molar-refractivity contribution in [2.45, 2.75) is 33.1 Å². The van der Waals surface area contributed by atoms with E-state index in [2.05, 4.69) is 0 Å². The third-order valence-corrected chi connectivity index (χ3v) is 3.32. The van der Waals surface area contributed by atoms with Crippen molar-refractivity contribution in [2.75, 3.05) is 6.61 Å². The lowest BCUT2D eigenvalue weighted by Crippen LogP contribution is -2.23. The van der Waals surface area contributed by atoms with Crippen molar-refractivity contribution in [3.63, 3.8) is 0 Å². The van der Waals surface area contributed by atoms with Crippen molar-refractivity contribution in [2.24, 2.45) is 5.41 Å². The minimum Gasteiger partial charge on any atom is -0.493 e. The molecule has 1 N–H and O–H groups in total. The Morgan fingerprint density at radius 1 is 1.21 bits per heavy atom. The van der Waals surface area contributed by atoms with E-state index in [1.165, 1.54) is 0 Å². The molecule has 0 aliphatic rings. The fourth-order valence-electron chi connectivity index (χ4n) is 1.58. The number of hydrogen-bond donors (Lipinski definition) is 1. The van der Waals surface area contributed by atoms with Gasteiger partial charge in [0.15, 0.2) is 0 Å². The van der Waals surface area contributed by atoms with Gasteiger partial charge in [0.1, 0.15) is 5.75 Å². The number of halogens is 2. The number of unbranched alkanes of at least 4 members (excludes halogenated alkanes) is 1. The van der Waals surface area contributed by atoms with E-state index in [0.29, 0.717) is 28.8 Å². The summed E-state index contributed by atoms with van der Waals surface area (Å²) < 4.78 is 5.53. The normalized spacial score (nSPS) is 11.4. The zero-order valence-corrected chi connectivity index (χ0v) is 12.6. The van der Waals surface area contributed by atoms with Gasteiger partial charge in [-0.25, -0.2) is 0 Å². The Morgan fingerprint density at radius 2 is 1.79 bits per heavy atom. The Balaban J connectivity index is 2.30. The molecule has 0 saturated heterocycles. The molecule has 0 heterocycles. The number of aliphatic carboxylic acids is 1. The van der Waals surface area contributed by atoms with Crippen molar-refractivity contribution >= 4 is 29.2 Å². The molecule has 1 aromatic rings. The zero-order valence-electron chi connectivity index (χ0n) is 11.1. The number of carboxylic acids is 1. The summed E-state index contributed by atoms with van der Waals surface area (Å²) in [5.74, 6) is -0.134. The van der Waals surface area contributed by atoms with Crippen LogP contribution in [0.5, 0.6) is 5.75 Å². The standard InChI is InChI=1S/C14H18Cl2O3/c1-14(2,13(17)18)5-3-4-6-19-12-8-10(15)7-11(16)9-12/h7-9H,3-6H2,1-2H3,(H,17,18). The summed E-state index contributed by atoms with van der Waals surface area (Å²) in [5, 5.41) is 10.0. The Morgan fingerprint density at radius 3 is 2.32 bits per heavy atom. The number of ether oxygens (including phenoxy) is 1. The highest BCUT2D eigenvalue weighted by atomic mass is 35.5. The summed E-state index contributed by atoms with van der Waals surface area (Å²) >= 11 is 11.7. The molecular formula is C14H18Cl2O3. The minimum absolute atomic E-state index is 0.520. The van der Waals surface area contributed by atoms with Gasteiger partial charge in [-0.3, -0.25) is 4.79 Å². The van der Waals surface area contributed by atoms with Gasteiger partial charge in [0, 0.05) is 10.0 Å². The predicted octanol–water partition coefficient (Wildman–Crippen LogP) is 4.65. The van der Waals surface area contributed by atoms with Crippen LogP contribution >= 0.6 is 23.2 Å². The first-order valence-corrected chi connectivity index (χ1v) is 6.89. The van der Waals surface area contributed by atoms with E-state index < -0.39 is 11.4 Å². The maximum Gasteiger partial charge on any atom is 0.309 e. The second-order valence-corrected chi connectivity index (χ2v) is 5.97. The van der Waals surface area contributed by atoms with Gasteiger partial charge >= 0.3 is 5.97 Å². The second-order valence-electron chi connectivity index (χ2n) is 5.10. The first-order valence-electron chi connectivity index (χ1n) is 6.13. The first kappa shape index (κ1) is 16.1. The summed E-state index contributed by atoms with van der Waals surface area (Å²) in [4.78, 5) is 10.9. The lowest BCUT2D eigenvalue weighted by atomic mass is 9.87. The van der Waals surface area contributed by atoms with Crippen molar-refractivity contribution in [3.8, 4) is 5.75 Å². The van der Waals surface area contributed by atoms with Gasteiger partial charge in [-0.15, -0.1) is 0 Å². The predicted molar refractivity (Wildman–Crippen MR) is 77.2 cm³/mol. The van der Waals surface area contributed by atoms with Crippen LogP contribution in [0.1, 0.15) is 33.1 Å². The van der Waals surface area contributed by atoms with E-state index in [0.717, 1.165) is 12.8 Å². The molecule has 0 amide bonds. The van der Waals surface area contributed by atoms with Crippen LogP contribution in [0.2, 0.25) is 10.0 Å². The number of rotatable bonds is 7. The van der Waals surface area contributed by atoms with Crippen LogP contribution in [0.4, 0.5) is 0 Å². The average Bonchev–Trinajstić information content (AvgIpc) is 2.26. The Kier molecular flexibility index (Phi) is 5.95. The monoisotopic (exact) mass is 304 g/mol. The summed E-state index contributed by atoms with van der Waals surface area (Å²) in [7, 11) is 0. The van der Waals surface area contributed by atoms with Gasteiger partial charge in [0.2, 0.25) is 0 Å². The molecule has 19 heavy (non-hydrogen) atoms. The molecule has 0 bridgehead atoms. The molecule has 0 radical (unpaired) electrons. The van der Waals surface area contributed by atoms with Gasteiger partial charge in [0.25, 0.3) is 0 Å². The maximum atomic E-state index is 10.9. The topological polar surface area (TPSA) is 46.5 Å². The summed E-state index contributed by atoms with van der Waals surface area (Å²) in [6, 6.07) is 5.05. The first-order chi connectivity index (χ1) is 8.81. The molecule has 106 valence electrons. The Labute approximate surface area is 123 Å². The smallest absolute Gasteiger partial charge is 0.309 e. The van der Waals surface area contributed by atoms with E-state index in [1.54, 1.807) is 32.0 Å². The van der Waals surface area contributed by atoms with Crippen molar-refractivity contribution in [3.05, 3.63) is 28.2 Å².